The van der Waals surface area contributed by atoms with E-state index in [1.165, 1.54) is 7.11 Å². The van der Waals surface area contributed by atoms with Crippen LogP contribution in [0.4, 0.5) is 0 Å². The largest absolute Gasteiger partial charge is 0.468 e. The van der Waals surface area contributed by atoms with Crippen LogP contribution < -0.4 is 5.73 Å². The maximum Gasteiger partial charge on any atom is 0.327 e. The third-order valence-electron chi connectivity index (χ3n) is 1.66. The Morgan fingerprint density at radius 1 is 1.57 bits per heavy atom. The van der Waals surface area contributed by atoms with Crippen LogP contribution in [0.5, 0.6) is 0 Å². The van der Waals surface area contributed by atoms with Crippen molar-refractivity contribution in [1.29, 1.82) is 0 Å². The summed E-state index contributed by atoms with van der Waals surface area (Å²) in [4.78, 5) is 11.1. The number of rotatable bonds is 2. The molecular weight excluding hydrogens is 269 g/mol. The zero-order chi connectivity index (χ0) is 9.84. The Morgan fingerprint density at radius 2 is 2.21 bits per heavy atom. The van der Waals surface area contributed by atoms with Gasteiger partial charge in [0.1, 0.15) is 6.04 Å². The molecule has 0 bridgehead atoms. The number of benzene rings is 1. The molecule has 2 N–H and O–H groups in total. The topological polar surface area (TPSA) is 52.3 Å². The highest BCUT2D eigenvalue weighted by atomic mass is 79.9. The van der Waals surface area contributed by atoms with Crippen molar-refractivity contribution in [3.63, 3.8) is 0 Å². The molecule has 1 rings (SSSR count). The van der Waals surface area contributed by atoms with E-state index in [1.54, 1.807) is 12.1 Å². The van der Waals surface area contributed by atoms with Gasteiger partial charge in [-0.2, -0.15) is 0 Å². The first-order valence-electron chi connectivity index (χ1n) is 3.74. The SMILES string of the molecule is COC(=O)[C@@H](N)c1cccc(Br)c1.Cl. The van der Waals surface area contributed by atoms with E-state index in [0.717, 1.165) is 10.0 Å². The van der Waals surface area contributed by atoms with Gasteiger partial charge in [-0.1, -0.05) is 28.1 Å². The van der Waals surface area contributed by atoms with Gasteiger partial charge in [-0.05, 0) is 17.7 Å². The predicted molar refractivity (Wildman–Crippen MR) is 60.3 cm³/mol. The lowest BCUT2D eigenvalue weighted by molar-refractivity contribution is -0.142. The van der Waals surface area contributed by atoms with Crippen LogP contribution in [0.15, 0.2) is 28.7 Å². The zero-order valence-electron chi connectivity index (χ0n) is 7.57. The Bertz CT molecular complexity index is 319. The number of esters is 1. The molecule has 0 saturated carbocycles. The number of ether oxygens (including phenoxy) is 1. The van der Waals surface area contributed by atoms with Crippen molar-refractivity contribution in [2.75, 3.05) is 7.11 Å². The zero-order valence-corrected chi connectivity index (χ0v) is 9.97. The van der Waals surface area contributed by atoms with Gasteiger partial charge < -0.3 is 10.5 Å². The van der Waals surface area contributed by atoms with E-state index in [4.69, 9.17) is 5.73 Å². The van der Waals surface area contributed by atoms with Crippen LogP contribution in [0, 0.1) is 0 Å². The molecule has 0 radical (unpaired) electrons. The van der Waals surface area contributed by atoms with E-state index in [2.05, 4.69) is 20.7 Å². The first-order chi connectivity index (χ1) is 6.15. The highest BCUT2D eigenvalue weighted by Crippen LogP contribution is 2.17. The van der Waals surface area contributed by atoms with Crippen molar-refractivity contribution in [2.45, 2.75) is 6.04 Å². The Hall–Kier alpha value is -0.580. The highest BCUT2D eigenvalue weighted by Gasteiger charge is 2.15. The van der Waals surface area contributed by atoms with Gasteiger partial charge in [0.15, 0.2) is 0 Å². The van der Waals surface area contributed by atoms with Crippen LogP contribution in [0.2, 0.25) is 0 Å². The lowest BCUT2D eigenvalue weighted by Gasteiger charge is -2.09. The molecule has 5 heteroatoms. The van der Waals surface area contributed by atoms with E-state index in [0.29, 0.717) is 0 Å². The second-order valence-electron chi connectivity index (χ2n) is 2.56. The van der Waals surface area contributed by atoms with Gasteiger partial charge in [0, 0.05) is 4.47 Å². The molecule has 14 heavy (non-hydrogen) atoms. The van der Waals surface area contributed by atoms with Gasteiger partial charge in [0.05, 0.1) is 7.11 Å². The first-order valence-corrected chi connectivity index (χ1v) is 4.53. The van der Waals surface area contributed by atoms with Gasteiger partial charge in [-0.25, -0.2) is 0 Å². The molecule has 0 saturated heterocycles. The summed E-state index contributed by atoms with van der Waals surface area (Å²) in [5, 5.41) is 0. The van der Waals surface area contributed by atoms with Crippen LogP contribution in [-0.4, -0.2) is 13.1 Å². The summed E-state index contributed by atoms with van der Waals surface area (Å²) < 4.78 is 5.42. The summed E-state index contributed by atoms with van der Waals surface area (Å²) >= 11 is 3.29. The molecule has 0 spiro atoms. The second kappa shape index (κ2) is 6.01. The van der Waals surface area contributed by atoms with E-state index < -0.39 is 12.0 Å². The molecule has 78 valence electrons. The van der Waals surface area contributed by atoms with Crippen LogP contribution in [0.3, 0.4) is 0 Å². The number of methoxy groups -OCH3 is 1. The van der Waals surface area contributed by atoms with Crippen molar-refractivity contribution < 1.29 is 9.53 Å². The maximum absolute atomic E-state index is 11.1. The van der Waals surface area contributed by atoms with E-state index in [1.807, 2.05) is 12.1 Å². The Kier molecular flexibility index (Phi) is 5.76. The Balaban J connectivity index is 0.00000169. The second-order valence-corrected chi connectivity index (χ2v) is 3.47. The monoisotopic (exact) mass is 279 g/mol. The lowest BCUT2D eigenvalue weighted by Crippen LogP contribution is -2.22. The number of halogens is 2. The molecule has 0 unspecified atom stereocenters. The molecule has 0 aromatic heterocycles. The normalized spacial score (nSPS) is 11.4. The molecule has 0 aliphatic carbocycles. The van der Waals surface area contributed by atoms with Crippen LogP contribution in [-0.2, 0) is 9.53 Å². The summed E-state index contributed by atoms with van der Waals surface area (Å²) in [5.41, 5.74) is 6.36. The number of carbonyl (C=O) groups is 1. The number of hydrogen-bond donors (Lipinski definition) is 1. The third-order valence-corrected chi connectivity index (χ3v) is 2.16. The van der Waals surface area contributed by atoms with E-state index >= 15 is 0 Å². The third kappa shape index (κ3) is 3.29. The minimum atomic E-state index is -0.706. The van der Waals surface area contributed by atoms with Gasteiger partial charge in [0.2, 0.25) is 0 Å². The minimum absolute atomic E-state index is 0. The maximum atomic E-state index is 11.1. The van der Waals surface area contributed by atoms with Crippen molar-refractivity contribution in [1.82, 2.24) is 0 Å². The van der Waals surface area contributed by atoms with Crippen molar-refractivity contribution in [3.8, 4) is 0 Å². The van der Waals surface area contributed by atoms with Gasteiger partial charge in [-0.15, -0.1) is 12.4 Å². The van der Waals surface area contributed by atoms with Gasteiger partial charge in [-0.3, -0.25) is 4.79 Å². The molecule has 3 nitrogen and oxygen atoms in total. The average molecular weight is 281 g/mol. The van der Waals surface area contributed by atoms with Gasteiger partial charge >= 0.3 is 5.97 Å². The molecule has 1 aromatic carbocycles. The smallest absolute Gasteiger partial charge is 0.327 e. The number of hydrogen-bond acceptors (Lipinski definition) is 3. The van der Waals surface area contributed by atoms with E-state index in [9.17, 15) is 4.79 Å². The van der Waals surface area contributed by atoms with Crippen LogP contribution in [0.1, 0.15) is 11.6 Å². The van der Waals surface area contributed by atoms with Crippen molar-refractivity contribution in [3.05, 3.63) is 34.3 Å². The summed E-state index contributed by atoms with van der Waals surface area (Å²) in [6.45, 7) is 0. The minimum Gasteiger partial charge on any atom is -0.468 e. The fourth-order valence-corrected chi connectivity index (χ4v) is 1.38. The lowest BCUT2D eigenvalue weighted by atomic mass is 10.1. The van der Waals surface area contributed by atoms with Gasteiger partial charge in [0.25, 0.3) is 0 Å². The number of nitrogens with two attached hydrogens (primary N) is 1. The summed E-state index contributed by atoms with van der Waals surface area (Å²) in [7, 11) is 1.32. The molecule has 0 amide bonds. The highest BCUT2D eigenvalue weighted by molar-refractivity contribution is 9.10. The van der Waals surface area contributed by atoms with E-state index in [-0.39, 0.29) is 12.4 Å². The summed E-state index contributed by atoms with van der Waals surface area (Å²) in [5.74, 6) is -0.432. The standard InChI is InChI=1S/C9H10BrNO2.ClH/c1-13-9(12)8(11)6-3-2-4-7(10)5-6;/h2-5,8H,11H2,1H3;1H/t8-;/m0./s1. The van der Waals surface area contributed by atoms with Crippen molar-refractivity contribution in [2.24, 2.45) is 5.73 Å². The molecular formula is C9H11BrClNO2. The molecule has 0 fully saturated rings. The molecule has 1 atom stereocenters. The summed E-state index contributed by atoms with van der Waals surface area (Å²) in [6.07, 6.45) is 0. The molecule has 0 aliphatic heterocycles. The Morgan fingerprint density at radius 3 is 2.71 bits per heavy atom. The molecule has 1 aromatic rings. The van der Waals surface area contributed by atoms with Crippen molar-refractivity contribution >= 4 is 34.3 Å². The fraction of sp³-hybridized carbons (Fsp3) is 0.222. The first kappa shape index (κ1) is 13.4. The number of carbonyl (C=O) groups excluding carboxylic acids is 1. The molecule has 0 heterocycles. The average Bonchev–Trinajstić information content (AvgIpc) is 2.15. The molecule has 0 aliphatic rings. The fourth-order valence-electron chi connectivity index (χ4n) is 0.963. The van der Waals surface area contributed by atoms with Crippen LogP contribution >= 0.6 is 28.3 Å². The predicted octanol–water partition coefficient (Wildman–Crippen LogP) is 2.04. The quantitative estimate of drug-likeness (QED) is 0.844. The van der Waals surface area contributed by atoms with Crippen LogP contribution in [0.25, 0.3) is 0 Å². The summed E-state index contributed by atoms with van der Waals surface area (Å²) in [6, 6.07) is 6.56. The Labute approximate surface area is 97.2 Å².